The topological polar surface area (TPSA) is 154 Å². The number of aromatic amines is 1. The predicted molar refractivity (Wildman–Crippen MR) is 266 cm³/mol. The first-order valence-electron chi connectivity index (χ1n) is 23.8. The van der Waals surface area contributed by atoms with Crippen molar-refractivity contribution in [1.82, 2.24) is 29.4 Å². The van der Waals surface area contributed by atoms with Crippen LogP contribution in [0.3, 0.4) is 0 Å². The Morgan fingerprint density at radius 1 is 0.971 bits per heavy atom. The lowest BCUT2D eigenvalue weighted by molar-refractivity contribution is -0.133. The first-order valence-corrected chi connectivity index (χ1v) is 24.2. The average molecular weight is 967 g/mol. The van der Waals surface area contributed by atoms with Crippen LogP contribution < -0.4 is 10.6 Å². The van der Waals surface area contributed by atoms with Crippen molar-refractivity contribution >= 4 is 42.4 Å². The number of halogens is 2. The molecule has 1 spiro atoms. The highest BCUT2D eigenvalue weighted by molar-refractivity contribution is 7.78. The van der Waals surface area contributed by atoms with E-state index >= 15 is 8.78 Å². The van der Waals surface area contributed by atoms with Gasteiger partial charge >= 0.3 is 12.2 Å². The molecule has 3 amide bonds. The van der Waals surface area contributed by atoms with E-state index in [4.69, 9.17) is 24.2 Å². The number of anilines is 1. The van der Waals surface area contributed by atoms with Crippen LogP contribution in [0.4, 0.5) is 24.1 Å². The number of ether oxygens (including phenoxy) is 3. The Balaban J connectivity index is 0.940. The van der Waals surface area contributed by atoms with Crippen molar-refractivity contribution in [2.24, 2.45) is 16.8 Å². The average Bonchev–Trinajstić information content (AvgIpc) is 4.07. The Labute approximate surface area is 408 Å². The van der Waals surface area contributed by atoms with Crippen molar-refractivity contribution in [2.75, 3.05) is 52.9 Å². The van der Waals surface area contributed by atoms with E-state index in [0.717, 1.165) is 60.6 Å². The molecular formula is C52H64F2N8O6S. The number of nitrogens with one attached hydrogen (secondary N) is 3. The fourth-order valence-electron chi connectivity index (χ4n) is 10.3. The van der Waals surface area contributed by atoms with Crippen molar-refractivity contribution in [3.8, 4) is 33.5 Å². The maximum atomic E-state index is 16.7. The lowest BCUT2D eigenvalue weighted by atomic mass is 9.84. The Kier molecular flexibility index (Phi) is 14.0. The maximum Gasteiger partial charge on any atom is 0.409 e. The van der Waals surface area contributed by atoms with Gasteiger partial charge < -0.3 is 39.6 Å². The molecule has 3 aliphatic heterocycles. The smallest absolute Gasteiger partial charge is 0.409 e. The second-order valence-corrected chi connectivity index (χ2v) is 20.1. The number of rotatable bonds is 16. The van der Waals surface area contributed by atoms with E-state index < -0.39 is 29.2 Å². The molecule has 1 aromatic heterocycles. The monoisotopic (exact) mass is 966 g/mol. The van der Waals surface area contributed by atoms with E-state index in [-0.39, 0.29) is 41.0 Å². The van der Waals surface area contributed by atoms with Crippen LogP contribution in [-0.4, -0.2) is 107 Å². The Morgan fingerprint density at radius 2 is 1.64 bits per heavy atom. The molecule has 0 saturated carbocycles. The molecule has 8 rings (SSSR count). The van der Waals surface area contributed by atoms with E-state index in [0.29, 0.717) is 66.4 Å². The number of alkyl carbamates (subject to hydrolysis) is 1. The van der Waals surface area contributed by atoms with Crippen LogP contribution in [0.15, 0.2) is 78.1 Å². The fourth-order valence-corrected chi connectivity index (χ4v) is 10.6. The van der Waals surface area contributed by atoms with Crippen LogP contribution >= 0.6 is 12.8 Å². The third-order valence-corrected chi connectivity index (χ3v) is 14.9. The number of benzene rings is 3. The van der Waals surface area contributed by atoms with Gasteiger partial charge in [0, 0.05) is 60.2 Å². The van der Waals surface area contributed by atoms with E-state index in [1.54, 1.807) is 49.3 Å². The summed E-state index contributed by atoms with van der Waals surface area (Å²) in [6, 6.07) is 16.1. The lowest BCUT2D eigenvalue weighted by Crippen LogP contribution is -2.59. The SMILES string of the molecule is C=C([C@H](C(C)C)N(C)C(=O)OC)N1CCC[C@H]1c1ncc(-c2ccc3c(c2)C(F)(F)c2cc(-c4ccc5c(c4)NC(CCCCCN(S)C(=O)[C@@](C)(NC(=O)OC)C(C)C)=NC54COC4)ccc2-3)[nH]1. The number of carbonyl (C=O) groups is 3. The molecule has 4 aliphatic rings. The molecule has 2 fully saturated rings. The summed E-state index contributed by atoms with van der Waals surface area (Å²) >= 11 is 4.47. The molecule has 17 heteroatoms. The molecule has 14 nitrogen and oxygen atoms in total. The Bertz CT molecular complexity index is 2670. The summed E-state index contributed by atoms with van der Waals surface area (Å²) in [5.41, 5.74) is 4.62. The zero-order chi connectivity index (χ0) is 49.6. The number of H-pyrrole nitrogens is 1. The predicted octanol–water partition coefficient (Wildman–Crippen LogP) is 10.3. The van der Waals surface area contributed by atoms with Crippen LogP contribution in [0.1, 0.15) is 102 Å². The summed E-state index contributed by atoms with van der Waals surface area (Å²) in [6.45, 7) is 15.9. The number of imidazole rings is 1. The molecule has 2 saturated heterocycles. The van der Waals surface area contributed by atoms with E-state index in [1.165, 1.54) is 18.5 Å². The van der Waals surface area contributed by atoms with E-state index in [9.17, 15) is 14.4 Å². The van der Waals surface area contributed by atoms with Gasteiger partial charge in [-0.2, -0.15) is 8.78 Å². The van der Waals surface area contributed by atoms with Crippen LogP contribution in [0.5, 0.6) is 0 Å². The number of thiol groups is 1. The second kappa shape index (κ2) is 19.5. The van der Waals surface area contributed by atoms with Crippen molar-refractivity contribution in [3.63, 3.8) is 0 Å². The largest absolute Gasteiger partial charge is 0.453 e. The standard InChI is InChI=1S/C52H64F2N8O6S/c1-30(2)45(60(7)49(65)67-9)32(5)61-22-13-14-43(61)46-55-27-42(57-46)35-17-20-37-36-19-16-33(24-39(36)52(53,54)40(37)25-35)34-18-21-38-41(26-34)56-44(58-51(38)28-68-29-51)15-11-10-12-23-62(69)47(63)50(6,31(3)4)59-48(64)66-8/h16-21,24-27,30-31,43,45,69H,5,10-15,22-23,28-29H2,1-4,6-9H3,(H,55,57)(H,56,58)(H,59,64)/t43-,45-,50-/m0/s1. The molecule has 3 atom stereocenters. The highest BCUT2D eigenvalue weighted by Crippen LogP contribution is 2.53. The number of fused-ring (bicyclic) bond motifs is 5. The van der Waals surface area contributed by atoms with Crippen molar-refractivity contribution in [1.29, 1.82) is 0 Å². The summed E-state index contributed by atoms with van der Waals surface area (Å²) in [5.74, 6) is -2.14. The number of amidine groups is 1. The normalized spacial score (nSPS) is 18.5. The summed E-state index contributed by atoms with van der Waals surface area (Å²) < 4.78 is 50.2. The van der Waals surface area contributed by atoms with Gasteiger partial charge in [0.25, 0.3) is 11.8 Å². The first-order chi connectivity index (χ1) is 32.8. The van der Waals surface area contributed by atoms with E-state index in [1.807, 2.05) is 58.0 Å². The highest BCUT2D eigenvalue weighted by Gasteiger charge is 2.47. The number of unbranched alkanes of at least 4 members (excludes halogenated alkanes) is 2. The second-order valence-electron chi connectivity index (χ2n) is 19.6. The highest BCUT2D eigenvalue weighted by atomic mass is 32.1. The Hall–Kier alpha value is -5.94. The number of likely N-dealkylation sites (N-methyl/N-ethyl adjacent to an activating group) is 1. The van der Waals surface area contributed by atoms with Gasteiger partial charge in [0.1, 0.15) is 22.7 Å². The van der Waals surface area contributed by atoms with Gasteiger partial charge in [-0.15, -0.1) is 0 Å². The van der Waals surface area contributed by atoms with Crippen molar-refractivity contribution in [3.05, 3.63) is 95.6 Å². The number of amides is 3. The molecule has 368 valence electrons. The number of hydrogen-bond donors (Lipinski definition) is 4. The first kappa shape index (κ1) is 49.5. The summed E-state index contributed by atoms with van der Waals surface area (Å²) in [7, 11) is 4.34. The van der Waals surface area contributed by atoms with E-state index in [2.05, 4.69) is 39.9 Å². The molecule has 4 aromatic rings. The minimum absolute atomic E-state index is 0.0407. The van der Waals surface area contributed by atoms with Crippen LogP contribution in [0, 0.1) is 11.8 Å². The third kappa shape index (κ3) is 9.19. The number of methoxy groups -OCH3 is 2. The number of likely N-dealkylation sites (tertiary alicyclic amines) is 1. The number of alkyl halides is 2. The number of aromatic nitrogens is 2. The van der Waals surface area contributed by atoms with Gasteiger partial charge in [0.05, 0.1) is 51.4 Å². The van der Waals surface area contributed by atoms with Gasteiger partial charge in [-0.1, -0.05) is 89.9 Å². The summed E-state index contributed by atoms with van der Waals surface area (Å²) in [6.07, 6.45) is 5.27. The van der Waals surface area contributed by atoms with Gasteiger partial charge in [-0.05, 0) is 84.9 Å². The maximum absolute atomic E-state index is 16.7. The van der Waals surface area contributed by atoms with Crippen LogP contribution in [-0.2, 0) is 30.5 Å². The van der Waals surface area contributed by atoms with Crippen LogP contribution in [0.2, 0.25) is 0 Å². The lowest BCUT2D eigenvalue weighted by Gasteiger charge is -2.43. The fraction of sp³-hybridized carbons (Fsp3) is 0.481. The van der Waals surface area contributed by atoms with Crippen molar-refractivity contribution < 1.29 is 37.4 Å². The van der Waals surface area contributed by atoms with Crippen molar-refractivity contribution in [2.45, 2.75) is 102 Å². The molecule has 3 N–H and O–H groups in total. The molecular weight excluding hydrogens is 903 g/mol. The zero-order valence-electron chi connectivity index (χ0n) is 40.7. The number of aliphatic imine (C=N–C) groups is 1. The summed E-state index contributed by atoms with van der Waals surface area (Å²) in [4.78, 5) is 54.9. The Morgan fingerprint density at radius 3 is 2.28 bits per heavy atom. The molecule has 0 radical (unpaired) electrons. The van der Waals surface area contributed by atoms with Gasteiger partial charge in [0.15, 0.2) is 0 Å². The number of carbonyl (C=O) groups excluding carboxylic acids is 3. The van der Waals surface area contributed by atoms with Gasteiger partial charge in [0.2, 0.25) is 0 Å². The summed E-state index contributed by atoms with van der Waals surface area (Å²) in [5, 5.41) is 6.21. The minimum Gasteiger partial charge on any atom is -0.453 e. The third-order valence-electron chi connectivity index (χ3n) is 14.5. The minimum atomic E-state index is -3.25. The van der Waals surface area contributed by atoms with Gasteiger partial charge in [-0.25, -0.2) is 14.6 Å². The zero-order valence-corrected chi connectivity index (χ0v) is 41.6. The quantitative estimate of drug-likeness (QED) is 0.0635. The number of nitrogens with zero attached hydrogens (tertiary/aromatic N) is 5. The number of hydrogen-bond acceptors (Lipinski definition) is 11. The molecule has 3 aromatic carbocycles. The molecule has 69 heavy (non-hydrogen) atoms. The molecule has 0 unspecified atom stereocenters. The van der Waals surface area contributed by atoms with Gasteiger partial charge in [-0.3, -0.25) is 14.1 Å². The van der Waals surface area contributed by atoms with Crippen LogP contribution in [0.25, 0.3) is 33.5 Å². The molecule has 0 bridgehead atoms. The molecule has 4 heterocycles. The molecule has 1 aliphatic carbocycles.